The number of benzene rings is 3. The lowest BCUT2D eigenvalue weighted by Crippen LogP contribution is -2.54. The maximum Gasteiger partial charge on any atom is 0.264 e. The van der Waals surface area contributed by atoms with Crippen LogP contribution in [-0.4, -0.2) is 43.8 Å². The van der Waals surface area contributed by atoms with Crippen molar-refractivity contribution in [2.45, 2.75) is 75.9 Å². The predicted octanol–water partition coefficient (Wildman–Crippen LogP) is 7.41. The average molecular weight is 665 g/mol. The molecule has 7 nitrogen and oxygen atoms in total. The molecule has 0 saturated heterocycles. The fourth-order valence-corrected chi connectivity index (χ4v) is 7.42. The molecule has 4 rings (SSSR count). The number of nitrogens with zero attached hydrogens (tertiary/aromatic N) is 2. The van der Waals surface area contributed by atoms with E-state index >= 15 is 0 Å². The van der Waals surface area contributed by atoms with Gasteiger partial charge in [0.2, 0.25) is 11.8 Å². The van der Waals surface area contributed by atoms with Crippen molar-refractivity contribution in [1.82, 2.24) is 10.2 Å². The predicted molar refractivity (Wildman–Crippen MR) is 173 cm³/mol. The standard InChI is InChI=1S/C32H36Cl3N3O4S/c1-3-30(32(40)36-23-11-6-4-7-12-23)37(20-26-27(33)15-10-16-28(26)34)31(39)21-38(24-18-17-22(2)29(35)19-24)43(41,42)25-13-8-5-9-14-25/h5,8-10,13-19,23,30H,3-4,6-7,11-12,20-21H2,1-2H3,(H,36,40)/t30-/m0/s1. The minimum Gasteiger partial charge on any atom is -0.352 e. The fourth-order valence-electron chi connectivity index (χ4n) is 5.30. The van der Waals surface area contributed by atoms with Crippen LogP contribution in [0.1, 0.15) is 56.6 Å². The molecule has 1 fully saturated rings. The van der Waals surface area contributed by atoms with E-state index in [1.54, 1.807) is 55.5 Å². The van der Waals surface area contributed by atoms with Crippen molar-refractivity contribution < 1.29 is 18.0 Å². The van der Waals surface area contributed by atoms with Gasteiger partial charge in [-0.2, -0.15) is 0 Å². The van der Waals surface area contributed by atoms with Gasteiger partial charge in [-0.3, -0.25) is 13.9 Å². The summed E-state index contributed by atoms with van der Waals surface area (Å²) in [6.45, 7) is 2.96. The first-order valence-corrected chi connectivity index (χ1v) is 17.0. The van der Waals surface area contributed by atoms with Gasteiger partial charge < -0.3 is 10.2 Å². The van der Waals surface area contributed by atoms with Crippen molar-refractivity contribution in [1.29, 1.82) is 0 Å². The van der Waals surface area contributed by atoms with Crippen molar-refractivity contribution >= 4 is 62.3 Å². The van der Waals surface area contributed by atoms with Gasteiger partial charge in [0.1, 0.15) is 12.6 Å². The van der Waals surface area contributed by atoms with Crippen LogP contribution in [0.2, 0.25) is 15.1 Å². The van der Waals surface area contributed by atoms with Gasteiger partial charge in [-0.1, -0.05) is 91.3 Å². The molecule has 1 saturated carbocycles. The third-order valence-corrected chi connectivity index (χ3v) is 10.7. The van der Waals surface area contributed by atoms with E-state index in [1.165, 1.54) is 23.1 Å². The summed E-state index contributed by atoms with van der Waals surface area (Å²) in [6, 6.07) is 16.9. The second-order valence-electron chi connectivity index (χ2n) is 10.7. The maximum atomic E-state index is 14.3. The van der Waals surface area contributed by atoms with Gasteiger partial charge in [0.05, 0.1) is 10.6 Å². The Balaban J connectivity index is 1.75. The van der Waals surface area contributed by atoms with E-state index in [1.807, 2.05) is 6.92 Å². The van der Waals surface area contributed by atoms with E-state index in [0.29, 0.717) is 27.1 Å². The summed E-state index contributed by atoms with van der Waals surface area (Å²) in [5.41, 5.74) is 1.46. The van der Waals surface area contributed by atoms with Gasteiger partial charge in [-0.25, -0.2) is 8.42 Å². The summed E-state index contributed by atoms with van der Waals surface area (Å²) in [6.07, 6.45) is 5.26. The highest BCUT2D eigenvalue weighted by molar-refractivity contribution is 7.92. The molecule has 230 valence electrons. The highest BCUT2D eigenvalue weighted by Crippen LogP contribution is 2.30. The van der Waals surface area contributed by atoms with Crippen molar-refractivity contribution in [3.63, 3.8) is 0 Å². The molecule has 2 amide bonds. The molecule has 0 radical (unpaired) electrons. The van der Waals surface area contributed by atoms with Crippen molar-refractivity contribution in [2.75, 3.05) is 10.8 Å². The van der Waals surface area contributed by atoms with Gasteiger partial charge in [0.15, 0.2) is 0 Å². The minimum atomic E-state index is -4.20. The Labute approximate surface area is 269 Å². The third-order valence-electron chi connectivity index (χ3n) is 7.78. The zero-order valence-corrected chi connectivity index (χ0v) is 27.3. The van der Waals surface area contributed by atoms with E-state index in [2.05, 4.69) is 5.32 Å². The molecule has 0 spiro atoms. The SMILES string of the molecule is CC[C@@H](C(=O)NC1CCCCC1)N(Cc1c(Cl)cccc1Cl)C(=O)CN(c1ccc(C)c(Cl)c1)S(=O)(=O)c1ccccc1. The number of sulfonamides is 1. The van der Waals surface area contributed by atoms with Crippen LogP contribution in [0.3, 0.4) is 0 Å². The van der Waals surface area contributed by atoms with Gasteiger partial charge in [0.25, 0.3) is 10.0 Å². The quantitative estimate of drug-likeness (QED) is 0.231. The zero-order chi connectivity index (χ0) is 31.1. The van der Waals surface area contributed by atoms with Crippen molar-refractivity contribution in [3.05, 3.63) is 92.9 Å². The molecule has 1 N–H and O–H groups in total. The summed E-state index contributed by atoms with van der Waals surface area (Å²) in [7, 11) is -4.20. The van der Waals surface area contributed by atoms with Gasteiger partial charge in [-0.15, -0.1) is 0 Å². The molecule has 43 heavy (non-hydrogen) atoms. The summed E-state index contributed by atoms with van der Waals surface area (Å²) >= 11 is 19.4. The topological polar surface area (TPSA) is 86.8 Å². The Kier molecular flexibility index (Phi) is 11.4. The summed E-state index contributed by atoms with van der Waals surface area (Å²) in [5, 5.41) is 4.16. The lowest BCUT2D eigenvalue weighted by Gasteiger charge is -2.35. The van der Waals surface area contributed by atoms with Crippen LogP contribution in [0.5, 0.6) is 0 Å². The number of carbonyl (C=O) groups is 2. The van der Waals surface area contributed by atoms with Gasteiger partial charge in [-0.05, 0) is 68.1 Å². The fraction of sp³-hybridized carbons (Fsp3) is 0.375. The second-order valence-corrected chi connectivity index (χ2v) is 13.8. The smallest absolute Gasteiger partial charge is 0.264 e. The number of halogens is 3. The Bertz CT molecular complexity index is 1530. The zero-order valence-electron chi connectivity index (χ0n) is 24.2. The highest BCUT2D eigenvalue weighted by Gasteiger charge is 2.35. The summed E-state index contributed by atoms with van der Waals surface area (Å²) in [5.74, 6) is -0.875. The Hall–Kier alpha value is -2.78. The Morgan fingerprint density at radius 2 is 1.56 bits per heavy atom. The molecule has 1 atom stereocenters. The van der Waals surface area contributed by atoms with E-state index in [9.17, 15) is 18.0 Å². The van der Waals surface area contributed by atoms with Crippen LogP contribution in [0.25, 0.3) is 0 Å². The molecule has 0 heterocycles. The number of carbonyl (C=O) groups excluding carboxylic acids is 2. The number of hydrogen-bond acceptors (Lipinski definition) is 4. The monoisotopic (exact) mass is 663 g/mol. The van der Waals surface area contributed by atoms with Crippen LogP contribution >= 0.6 is 34.8 Å². The number of anilines is 1. The maximum absolute atomic E-state index is 14.3. The number of nitrogens with one attached hydrogen (secondary N) is 1. The first kappa shape index (κ1) is 33.1. The normalized spacial score (nSPS) is 14.6. The molecule has 0 unspecified atom stereocenters. The summed E-state index contributed by atoms with van der Waals surface area (Å²) in [4.78, 5) is 29.4. The van der Waals surface area contributed by atoms with E-state index in [-0.39, 0.29) is 29.1 Å². The Morgan fingerprint density at radius 3 is 2.16 bits per heavy atom. The molecule has 1 aliphatic rings. The second kappa shape index (κ2) is 14.8. The van der Waals surface area contributed by atoms with Crippen LogP contribution < -0.4 is 9.62 Å². The molecule has 0 aliphatic heterocycles. The molecule has 3 aromatic rings. The number of rotatable bonds is 11. The number of hydrogen-bond donors (Lipinski definition) is 1. The Morgan fingerprint density at radius 1 is 0.907 bits per heavy atom. The lowest BCUT2D eigenvalue weighted by molar-refractivity contribution is -0.140. The van der Waals surface area contributed by atoms with E-state index < -0.39 is 28.5 Å². The average Bonchev–Trinajstić information content (AvgIpc) is 2.99. The van der Waals surface area contributed by atoms with E-state index in [4.69, 9.17) is 34.8 Å². The molecule has 3 aromatic carbocycles. The number of aryl methyl sites for hydroxylation is 1. The summed E-state index contributed by atoms with van der Waals surface area (Å²) < 4.78 is 29.0. The van der Waals surface area contributed by atoms with Crippen LogP contribution in [0, 0.1) is 6.92 Å². The first-order valence-electron chi connectivity index (χ1n) is 14.4. The van der Waals surface area contributed by atoms with Crippen molar-refractivity contribution in [2.24, 2.45) is 0 Å². The largest absolute Gasteiger partial charge is 0.352 e. The van der Waals surface area contributed by atoms with Crippen LogP contribution in [0.4, 0.5) is 5.69 Å². The van der Waals surface area contributed by atoms with E-state index in [0.717, 1.165) is 42.0 Å². The number of amides is 2. The van der Waals surface area contributed by atoms with Crippen LogP contribution in [0.15, 0.2) is 71.6 Å². The molecule has 11 heteroatoms. The molecule has 0 bridgehead atoms. The van der Waals surface area contributed by atoms with Gasteiger partial charge >= 0.3 is 0 Å². The molecular formula is C32H36Cl3N3O4S. The van der Waals surface area contributed by atoms with Crippen molar-refractivity contribution in [3.8, 4) is 0 Å². The molecule has 1 aliphatic carbocycles. The molecular weight excluding hydrogens is 629 g/mol. The van der Waals surface area contributed by atoms with Gasteiger partial charge in [0, 0.05) is 33.2 Å². The highest BCUT2D eigenvalue weighted by atomic mass is 35.5. The molecule has 0 aromatic heterocycles. The first-order chi connectivity index (χ1) is 20.5. The minimum absolute atomic E-state index is 0.0160. The lowest BCUT2D eigenvalue weighted by atomic mass is 9.95. The van der Waals surface area contributed by atoms with Crippen LogP contribution in [-0.2, 0) is 26.2 Å². The third kappa shape index (κ3) is 8.04.